The van der Waals surface area contributed by atoms with Gasteiger partial charge in [0, 0.05) is 18.0 Å². The van der Waals surface area contributed by atoms with Crippen LogP contribution in [0.3, 0.4) is 0 Å². The first-order valence-corrected chi connectivity index (χ1v) is 9.33. The predicted octanol–water partition coefficient (Wildman–Crippen LogP) is 3.82. The number of piperidine rings is 1. The van der Waals surface area contributed by atoms with Crippen molar-refractivity contribution in [2.24, 2.45) is 0 Å². The molecular formula is C18H23N3OS. The Bertz CT molecular complexity index is 704. The summed E-state index contributed by atoms with van der Waals surface area (Å²) in [6.07, 6.45) is 4.56. The Hall–Kier alpha value is -1.62. The molecule has 23 heavy (non-hydrogen) atoms. The maximum Gasteiger partial charge on any atom is 0.233 e. The van der Waals surface area contributed by atoms with Gasteiger partial charge in [0.25, 0.3) is 0 Å². The Morgan fingerprint density at radius 3 is 2.96 bits per heavy atom. The summed E-state index contributed by atoms with van der Waals surface area (Å²) >= 11 is 1.54. The second-order valence-electron chi connectivity index (χ2n) is 6.03. The fraction of sp³-hybridized carbons (Fsp3) is 0.500. The minimum Gasteiger partial charge on any atom is -0.339 e. The summed E-state index contributed by atoms with van der Waals surface area (Å²) in [5.74, 6) is 1.45. The van der Waals surface area contributed by atoms with Crippen molar-refractivity contribution >= 4 is 28.6 Å². The van der Waals surface area contributed by atoms with Gasteiger partial charge in [0.1, 0.15) is 10.9 Å². The van der Waals surface area contributed by atoms with Gasteiger partial charge in [0.05, 0.1) is 11.3 Å². The minimum absolute atomic E-state index is 0.238. The molecule has 1 aromatic heterocycles. The number of fused-ring (bicyclic) bond motifs is 1. The van der Waals surface area contributed by atoms with Crippen LogP contribution in [0.2, 0.25) is 0 Å². The van der Waals surface area contributed by atoms with Gasteiger partial charge in [0.15, 0.2) is 0 Å². The van der Waals surface area contributed by atoms with E-state index in [4.69, 9.17) is 0 Å². The van der Waals surface area contributed by atoms with Crippen LogP contribution in [-0.4, -0.2) is 39.1 Å². The van der Waals surface area contributed by atoms with Crippen LogP contribution in [-0.2, 0) is 4.79 Å². The number of thioether (sulfide) groups is 1. The van der Waals surface area contributed by atoms with E-state index in [2.05, 4.69) is 21.8 Å². The van der Waals surface area contributed by atoms with Crippen molar-refractivity contribution < 1.29 is 4.79 Å². The van der Waals surface area contributed by atoms with Crippen molar-refractivity contribution in [1.29, 1.82) is 0 Å². The van der Waals surface area contributed by atoms with E-state index in [1.165, 1.54) is 18.2 Å². The summed E-state index contributed by atoms with van der Waals surface area (Å²) in [6.45, 7) is 4.97. The lowest BCUT2D eigenvalue weighted by molar-refractivity contribution is -0.132. The highest BCUT2D eigenvalue weighted by Crippen LogP contribution is 2.27. The number of carbonyl (C=O) groups is 1. The van der Waals surface area contributed by atoms with Crippen molar-refractivity contribution in [3.05, 3.63) is 30.1 Å². The molecule has 0 saturated carbocycles. The molecule has 2 aromatic rings. The zero-order valence-electron chi connectivity index (χ0n) is 13.8. The molecule has 1 saturated heterocycles. The highest BCUT2D eigenvalue weighted by Gasteiger charge is 2.25. The monoisotopic (exact) mass is 329 g/mol. The maximum atomic E-state index is 12.6. The fourth-order valence-electron chi connectivity index (χ4n) is 3.23. The molecule has 1 aromatic carbocycles. The molecule has 0 radical (unpaired) electrons. The number of amides is 1. The van der Waals surface area contributed by atoms with Gasteiger partial charge in [0.2, 0.25) is 5.91 Å². The third-order valence-corrected chi connectivity index (χ3v) is 5.41. The number of nitrogens with zero attached hydrogens (tertiary/aromatic N) is 3. The number of hydrogen-bond donors (Lipinski definition) is 0. The lowest BCUT2D eigenvalue weighted by atomic mass is 10.0. The first kappa shape index (κ1) is 16.2. The Balaban J connectivity index is 1.74. The molecule has 122 valence electrons. The first-order valence-electron chi connectivity index (χ1n) is 8.34. The number of para-hydroxylation sites is 1. The Kier molecular flexibility index (Phi) is 5.16. The number of benzene rings is 1. The van der Waals surface area contributed by atoms with Crippen molar-refractivity contribution in [3.63, 3.8) is 0 Å². The summed E-state index contributed by atoms with van der Waals surface area (Å²) in [5.41, 5.74) is 0.944. The second-order valence-corrected chi connectivity index (χ2v) is 6.99. The highest BCUT2D eigenvalue weighted by molar-refractivity contribution is 8.00. The lowest BCUT2D eigenvalue weighted by Crippen LogP contribution is -2.44. The quantitative estimate of drug-likeness (QED) is 0.632. The van der Waals surface area contributed by atoms with Gasteiger partial charge in [-0.1, -0.05) is 36.9 Å². The zero-order chi connectivity index (χ0) is 16.2. The van der Waals surface area contributed by atoms with Gasteiger partial charge in [-0.25, -0.2) is 9.97 Å². The Labute approximate surface area is 141 Å². The zero-order valence-corrected chi connectivity index (χ0v) is 14.6. The van der Waals surface area contributed by atoms with Gasteiger partial charge in [-0.05, 0) is 38.7 Å². The number of aromatic nitrogens is 2. The van der Waals surface area contributed by atoms with Crippen LogP contribution in [0.4, 0.5) is 0 Å². The number of rotatable bonds is 4. The van der Waals surface area contributed by atoms with E-state index >= 15 is 0 Å². The molecule has 0 spiro atoms. The molecule has 1 unspecified atom stereocenters. The molecule has 3 rings (SSSR count). The van der Waals surface area contributed by atoms with Gasteiger partial charge in [-0.2, -0.15) is 0 Å². The summed E-state index contributed by atoms with van der Waals surface area (Å²) in [7, 11) is 0. The molecular weight excluding hydrogens is 306 g/mol. The highest BCUT2D eigenvalue weighted by atomic mass is 32.2. The van der Waals surface area contributed by atoms with E-state index in [1.54, 1.807) is 0 Å². The van der Waals surface area contributed by atoms with E-state index in [-0.39, 0.29) is 5.91 Å². The third-order valence-electron chi connectivity index (χ3n) is 4.43. The second kappa shape index (κ2) is 7.30. The van der Waals surface area contributed by atoms with Gasteiger partial charge >= 0.3 is 0 Å². The summed E-state index contributed by atoms with van der Waals surface area (Å²) in [6, 6.07) is 8.41. The van der Waals surface area contributed by atoms with Crippen molar-refractivity contribution in [2.75, 3.05) is 12.3 Å². The topological polar surface area (TPSA) is 46.1 Å². The fourth-order valence-corrected chi connectivity index (χ4v) is 4.19. The largest absolute Gasteiger partial charge is 0.339 e. The summed E-state index contributed by atoms with van der Waals surface area (Å²) in [5, 5.41) is 1.94. The van der Waals surface area contributed by atoms with Crippen LogP contribution in [0.25, 0.3) is 10.9 Å². The standard InChI is InChI=1S/C18H23N3OS/c1-3-14-8-6-7-11-21(14)17(22)12-23-18-15-9-4-5-10-16(15)19-13(2)20-18/h4-5,9-10,14H,3,6-8,11-12H2,1-2H3. The van der Waals surface area contributed by atoms with Crippen LogP contribution >= 0.6 is 11.8 Å². The molecule has 5 heteroatoms. The SMILES string of the molecule is CCC1CCCCN1C(=O)CSc1nc(C)nc2ccccc12. The van der Waals surface area contributed by atoms with Gasteiger partial charge in [-0.3, -0.25) is 4.79 Å². The van der Waals surface area contributed by atoms with Crippen LogP contribution in [0.5, 0.6) is 0 Å². The summed E-state index contributed by atoms with van der Waals surface area (Å²) < 4.78 is 0. The molecule has 1 aliphatic heterocycles. The Morgan fingerprint density at radius 2 is 2.13 bits per heavy atom. The van der Waals surface area contributed by atoms with Crippen LogP contribution in [0, 0.1) is 6.92 Å². The predicted molar refractivity (Wildman–Crippen MR) is 94.6 cm³/mol. The molecule has 0 aliphatic carbocycles. The van der Waals surface area contributed by atoms with E-state index in [9.17, 15) is 4.79 Å². The molecule has 1 fully saturated rings. The number of carbonyl (C=O) groups excluding carboxylic acids is 1. The van der Waals surface area contributed by atoms with Gasteiger partial charge < -0.3 is 4.90 Å². The molecule has 1 atom stereocenters. The molecule has 2 heterocycles. The molecule has 0 bridgehead atoms. The molecule has 1 aliphatic rings. The van der Waals surface area contributed by atoms with E-state index in [0.29, 0.717) is 11.8 Å². The average molecular weight is 329 g/mol. The lowest BCUT2D eigenvalue weighted by Gasteiger charge is -2.35. The van der Waals surface area contributed by atoms with Crippen molar-refractivity contribution in [2.45, 2.75) is 50.6 Å². The molecule has 4 nitrogen and oxygen atoms in total. The number of likely N-dealkylation sites (tertiary alicyclic amines) is 1. The molecule has 0 N–H and O–H groups in total. The van der Waals surface area contributed by atoms with Crippen molar-refractivity contribution in [3.8, 4) is 0 Å². The first-order chi connectivity index (χ1) is 11.2. The van der Waals surface area contributed by atoms with Crippen molar-refractivity contribution in [1.82, 2.24) is 14.9 Å². The smallest absolute Gasteiger partial charge is 0.233 e. The normalized spacial score (nSPS) is 18.3. The van der Waals surface area contributed by atoms with E-state index in [0.717, 1.165) is 47.6 Å². The Morgan fingerprint density at radius 1 is 1.30 bits per heavy atom. The molecule has 1 amide bonds. The average Bonchev–Trinajstić information content (AvgIpc) is 2.59. The van der Waals surface area contributed by atoms with E-state index in [1.807, 2.05) is 31.2 Å². The summed E-state index contributed by atoms with van der Waals surface area (Å²) in [4.78, 5) is 23.7. The van der Waals surface area contributed by atoms with Crippen LogP contribution < -0.4 is 0 Å². The number of hydrogen-bond acceptors (Lipinski definition) is 4. The van der Waals surface area contributed by atoms with Crippen LogP contribution in [0.15, 0.2) is 29.3 Å². The van der Waals surface area contributed by atoms with E-state index < -0.39 is 0 Å². The maximum absolute atomic E-state index is 12.6. The van der Waals surface area contributed by atoms with Gasteiger partial charge in [-0.15, -0.1) is 0 Å². The van der Waals surface area contributed by atoms with Crippen LogP contribution in [0.1, 0.15) is 38.4 Å². The number of aryl methyl sites for hydroxylation is 1. The minimum atomic E-state index is 0.238. The third kappa shape index (κ3) is 3.66.